The van der Waals surface area contributed by atoms with Crippen LogP contribution in [0.1, 0.15) is 26.2 Å². The maximum Gasteiger partial charge on any atom is 0.0781 e. The summed E-state index contributed by atoms with van der Waals surface area (Å²) < 4.78 is 0. The molecule has 0 unspecified atom stereocenters. The highest BCUT2D eigenvalue weighted by Crippen LogP contribution is 2.04. The quantitative estimate of drug-likeness (QED) is 0.265. The van der Waals surface area contributed by atoms with E-state index in [0.29, 0.717) is 0 Å². The molecule has 0 nitrogen and oxygen atoms in total. The number of rotatable bonds is 5. The summed E-state index contributed by atoms with van der Waals surface area (Å²) in [7, 11) is -1.02. The summed E-state index contributed by atoms with van der Waals surface area (Å²) in [4.78, 5) is 0. The topological polar surface area (TPSA) is 0 Å². The van der Waals surface area contributed by atoms with Gasteiger partial charge < -0.3 is 0 Å². The van der Waals surface area contributed by atoms with Gasteiger partial charge in [-0.05, 0) is 32.3 Å². The van der Waals surface area contributed by atoms with Gasteiger partial charge in [-0.25, -0.2) is 0 Å². The molecular formula is C12H22Si. The van der Waals surface area contributed by atoms with Gasteiger partial charge in [-0.15, -0.1) is 12.3 Å². The van der Waals surface area contributed by atoms with Gasteiger partial charge in [0.15, 0.2) is 0 Å². The van der Waals surface area contributed by atoms with Crippen LogP contribution in [0.15, 0.2) is 29.7 Å². The molecule has 0 fully saturated rings. The van der Waals surface area contributed by atoms with Gasteiger partial charge in [-0.2, -0.15) is 0 Å². The van der Waals surface area contributed by atoms with Gasteiger partial charge in [0.05, 0.1) is 8.07 Å². The predicted molar refractivity (Wildman–Crippen MR) is 64.7 cm³/mol. The Morgan fingerprint density at radius 1 is 1.38 bits per heavy atom. The lowest BCUT2D eigenvalue weighted by atomic mass is 10.1. The van der Waals surface area contributed by atoms with Crippen LogP contribution in [0.25, 0.3) is 0 Å². The maximum absolute atomic E-state index is 3.88. The summed E-state index contributed by atoms with van der Waals surface area (Å²) in [6.07, 6.45) is 5.64. The molecule has 0 aliphatic rings. The molecule has 0 amide bonds. The zero-order valence-corrected chi connectivity index (χ0v) is 10.5. The van der Waals surface area contributed by atoms with Gasteiger partial charge in [0.1, 0.15) is 0 Å². The van der Waals surface area contributed by atoms with Crippen LogP contribution in [0.5, 0.6) is 0 Å². The van der Waals surface area contributed by atoms with E-state index in [4.69, 9.17) is 0 Å². The Balaban J connectivity index is 3.64. The summed E-state index contributed by atoms with van der Waals surface area (Å²) in [5.41, 5.74) is 6.82. The monoisotopic (exact) mass is 194 g/mol. The Morgan fingerprint density at radius 2 is 2.00 bits per heavy atom. The van der Waals surface area contributed by atoms with E-state index in [1.807, 2.05) is 0 Å². The number of allylic oxidation sites excluding steroid dienone is 2. The van der Waals surface area contributed by atoms with Gasteiger partial charge >= 0.3 is 0 Å². The number of hydrogen-bond donors (Lipinski definition) is 0. The summed E-state index contributed by atoms with van der Waals surface area (Å²) in [5, 5.41) is 0. The van der Waals surface area contributed by atoms with E-state index in [1.54, 1.807) is 0 Å². The average Bonchev–Trinajstić information content (AvgIpc) is 1.93. The van der Waals surface area contributed by atoms with Crippen LogP contribution in [0.4, 0.5) is 0 Å². The second kappa shape index (κ2) is 6.01. The van der Waals surface area contributed by atoms with E-state index in [-0.39, 0.29) is 0 Å². The minimum atomic E-state index is -1.02. The maximum atomic E-state index is 3.88. The second-order valence-corrected chi connectivity index (χ2v) is 9.75. The van der Waals surface area contributed by atoms with Crippen molar-refractivity contribution in [2.24, 2.45) is 0 Å². The van der Waals surface area contributed by atoms with Crippen molar-refractivity contribution in [2.45, 2.75) is 45.8 Å². The highest BCUT2D eigenvalue weighted by Gasteiger charge is 2.05. The van der Waals surface area contributed by atoms with E-state index in [2.05, 4.69) is 50.7 Å². The van der Waals surface area contributed by atoms with Gasteiger partial charge in [-0.3, -0.25) is 0 Å². The van der Waals surface area contributed by atoms with Crippen molar-refractivity contribution >= 4 is 8.07 Å². The van der Waals surface area contributed by atoms with Gasteiger partial charge in [0, 0.05) is 0 Å². The molecule has 0 aromatic rings. The Kier molecular flexibility index (Phi) is 5.77. The van der Waals surface area contributed by atoms with E-state index in [1.165, 1.54) is 12.0 Å². The van der Waals surface area contributed by atoms with Crippen molar-refractivity contribution in [3.63, 3.8) is 0 Å². The molecule has 0 radical (unpaired) electrons. The molecule has 0 spiro atoms. The fourth-order valence-electron chi connectivity index (χ4n) is 0.898. The van der Waals surface area contributed by atoms with Crippen molar-refractivity contribution in [2.75, 3.05) is 0 Å². The van der Waals surface area contributed by atoms with Gasteiger partial charge in [0.25, 0.3) is 0 Å². The zero-order chi connectivity index (χ0) is 10.3. The van der Waals surface area contributed by atoms with E-state index in [9.17, 15) is 0 Å². The summed E-state index contributed by atoms with van der Waals surface area (Å²) >= 11 is 0. The molecule has 13 heavy (non-hydrogen) atoms. The molecule has 0 saturated carbocycles. The van der Waals surface area contributed by atoms with Crippen LogP contribution in [-0.2, 0) is 0 Å². The van der Waals surface area contributed by atoms with E-state index >= 15 is 0 Å². The van der Waals surface area contributed by atoms with Gasteiger partial charge in [-0.1, -0.05) is 30.9 Å². The fourth-order valence-corrected chi connectivity index (χ4v) is 1.52. The second-order valence-electron chi connectivity index (χ2n) is 4.73. The summed E-state index contributed by atoms with van der Waals surface area (Å²) in [5.74, 6) is 0. The lowest BCUT2D eigenvalue weighted by Crippen LogP contribution is -2.14. The van der Waals surface area contributed by atoms with Gasteiger partial charge in [0.2, 0.25) is 0 Å². The molecule has 0 bridgehead atoms. The van der Waals surface area contributed by atoms with Crippen LogP contribution in [-0.4, -0.2) is 8.07 Å². The van der Waals surface area contributed by atoms with Crippen molar-refractivity contribution in [3.8, 4) is 0 Å². The summed E-state index contributed by atoms with van der Waals surface area (Å²) in [6, 6.07) is 0. The third-order valence-corrected chi connectivity index (χ3v) is 2.62. The van der Waals surface area contributed by atoms with Crippen molar-refractivity contribution in [1.29, 1.82) is 0 Å². The first kappa shape index (κ1) is 12.5. The Labute approximate surface area is 84.1 Å². The van der Waals surface area contributed by atoms with Crippen molar-refractivity contribution < 1.29 is 0 Å². The van der Waals surface area contributed by atoms with Crippen LogP contribution in [0, 0.1) is 0 Å². The predicted octanol–water partition coefficient (Wildman–Crippen LogP) is 4.32. The van der Waals surface area contributed by atoms with Crippen molar-refractivity contribution in [3.05, 3.63) is 29.7 Å². The molecule has 0 saturated heterocycles. The normalized spacial score (nSPS) is 10.5. The largest absolute Gasteiger partial charge is 0.134 e. The molecular weight excluding hydrogens is 172 g/mol. The Hall–Kier alpha value is -0.523. The average molecular weight is 194 g/mol. The third-order valence-electron chi connectivity index (χ3n) is 1.59. The minimum absolute atomic E-state index is 1.02. The Morgan fingerprint density at radius 3 is 2.46 bits per heavy atom. The molecule has 0 N–H and O–H groups in total. The SMILES string of the molecule is C=C(C)CCCC=C=C[Si](C)(C)C. The van der Waals surface area contributed by atoms with Crippen LogP contribution < -0.4 is 0 Å². The number of unbranched alkanes of at least 4 members (excludes halogenated alkanes) is 1. The first-order valence-electron chi connectivity index (χ1n) is 4.98. The minimum Gasteiger partial charge on any atom is -0.134 e. The van der Waals surface area contributed by atoms with E-state index in [0.717, 1.165) is 12.8 Å². The smallest absolute Gasteiger partial charge is 0.0781 e. The molecule has 0 atom stereocenters. The van der Waals surface area contributed by atoms with Crippen LogP contribution >= 0.6 is 0 Å². The van der Waals surface area contributed by atoms with Crippen LogP contribution in [0.2, 0.25) is 19.6 Å². The summed E-state index contributed by atoms with van der Waals surface area (Å²) in [6.45, 7) is 12.9. The lowest BCUT2D eigenvalue weighted by molar-refractivity contribution is 0.836. The van der Waals surface area contributed by atoms with E-state index < -0.39 is 8.07 Å². The van der Waals surface area contributed by atoms with Crippen LogP contribution in [0.3, 0.4) is 0 Å². The molecule has 0 aromatic heterocycles. The first-order valence-corrected chi connectivity index (χ1v) is 8.56. The highest BCUT2D eigenvalue weighted by molar-refractivity contribution is 6.80. The molecule has 0 heterocycles. The fraction of sp³-hybridized carbons (Fsp3) is 0.583. The lowest BCUT2D eigenvalue weighted by Gasteiger charge is -2.04. The molecule has 1 heteroatoms. The first-order chi connectivity index (χ1) is 5.92. The highest BCUT2D eigenvalue weighted by atomic mass is 28.3. The standard InChI is InChI=1S/C12H22Si/c1-12(2)10-8-6-7-9-11-13(3,4)5/h7,11H,1,6,8,10H2,2-5H3. The molecule has 74 valence electrons. The molecule has 0 aromatic carbocycles. The third kappa shape index (κ3) is 11.5. The molecule has 0 aliphatic carbocycles. The molecule has 0 aliphatic heterocycles. The molecule has 0 rings (SSSR count). The zero-order valence-electron chi connectivity index (χ0n) is 9.48. The Bertz CT molecular complexity index is 212. The van der Waals surface area contributed by atoms with Crippen molar-refractivity contribution in [1.82, 2.24) is 0 Å². The number of hydrogen-bond acceptors (Lipinski definition) is 0.